The van der Waals surface area contributed by atoms with E-state index in [4.69, 9.17) is 0 Å². The topological polar surface area (TPSA) is 47.3 Å². The highest BCUT2D eigenvalue weighted by Crippen LogP contribution is 2.24. The number of carbonyl (C=O) groups excluding carboxylic acids is 1. The molecule has 4 nitrogen and oxygen atoms in total. The molecule has 24 heavy (non-hydrogen) atoms. The number of likely N-dealkylation sites (tertiary alicyclic amines) is 1. The monoisotopic (exact) mass is 319 g/mol. The van der Waals surface area contributed by atoms with Gasteiger partial charge in [0.1, 0.15) is 0 Å². The minimum absolute atomic E-state index is 0.0828. The number of nitriles is 1. The first-order valence-corrected chi connectivity index (χ1v) is 8.15. The molecule has 0 saturated carbocycles. The van der Waals surface area contributed by atoms with Crippen LogP contribution in [-0.2, 0) is 0 Å². The summed E-state index contributed by atoms with van der Waals surface area (Å²) in [6, 6.07) is 17.7. The molecule has 0 radical (unpaired) electrons. The second kappa shape index (κ2) is 6.86. The summed E-state index contributed by atoms with van der Waals surface area (Å²) < 4.78 is 0. The normalized spacial score (nSPS) is 17.1. The zero-order valence-electron chi connectivity index (χ0n) is 14.1. The molecule has 122 valence electrons. The molecule has 0 unspecified atom stereocenters. The lowest BCUT2D eigenvalue weighted by molar-refractivity contribution is 0.0783. The Hall–Kier alpha value is -2.64. The fourth-order valence-electron chi connectivity index (χ4n) is 3.16. The van der Waals surface area contributed by atoms with E-state index in [1.807, 2.05) is 47.4 Å². The average molecular weight is 319 g/mol. The summed E-state index contributed by atoms with van der Waals surface area (Å²) in [6.07, 6.45) is 1.02. The maximum Gasteiger partial charge on any atom is 0.253 e. The molecule has 1 amide bonds. The smallest absolute Gasteiger partial charge is 0.253 e. The van der Waals surface area contributed by atoms with Crippen molar-refractivity contribution in [2.45, 2.75) is 12.5 Å². The van der Waals surface area contributed by atoms with Gasteiger partial charge < -0.3 is 9.80 Å². The second-order valence-corrected chi connectivity index (χ2v) is 6.39. The van der Waals surface area contributed by atoms with Crippen LogP contribution in [0.1, 0.15) is 22.3 Å². The van der Waals surface area contributed by atoms with Gasteiger partial charge >= 0.3 is 0 Å². The molecule has 2 aromatic rings. The maximum absolute atomic E-state index is 12.6. The van der Waals surface area contributed by atoms with Crippen LogP contribution >= 0.6 is 0 Å². The van der Waals surface area contributed by atoms with E-state index in [2.05, 4.69) is 25.1 Å². The molecule has 1 atom stereocenters. The molecule has 0 aliphatic carbocycles. The van der Waals surface area contributed by atoms with Gasteiger partial charge in [-0.05, 0) is 49.8 Å². The number of nitrogens with zero attached hydrogens (tertiary/aromatic N) is 3. The molecule has 1 fully saturated rings. The first-order chi connectivity index (χ1) is 11.6. The van der Waals surface area contributed by atoms with E-state index in [0.717, 1.165) is 30.6 Å². The Morgan fingerprint density at radius 2 is 1.88 bits per heavy atom. The number of carbonyl (C=O) groups is 1. The fraction of sp³-hybridized carbons (Fsp3) is 0.300. The standard InChI is InChI=1S/C20H21N3O/c1-22(2)18-11-12-23(14-18)20(24)16-9-7-15(8-10-16)19-6-4-3-5-17(19)13-21/h3-10,18H,11-12,14H2,1-2H3/t18-/m0/s1. The van der Waals surface area contributed by atoms with Crippen LogP contribution < -0.4 is 0 Å². The number of benzene rings is 2. The summed E-state index contributed by atoms with van der Waals surface area (Å²) >= 11 is 0. The third-order valence-corrected chi connectivity index (χ3v) is 4.67. The largest absolute Gasteiger partial charge is 0.337 e. The number of hydrogen-bond acceptors (Lipinski definition) is 3. The zero-order valence-corrected chi connectivity index (χ0v) is 14.1. The minimum Gasteiger partial charge on any atom is -0.337 e. The Morgan fingerprint density at radius 1 is 1.17 bits per heavy atom. The van der Waals surface area contributed by atoms with Crippen LogP contribution in [0.3, 0.4) is 0 Å². The van der Waals surface area contributed by atoms with Gasteiger partial charge in [0.15, 0.2) is 0 Å². The molecule has 2 aromatic carbocycles. The van der Waals surface area contributed by atoms with Gasteiger partial charge in [0.05, 0.1) is 11.6 Å². The Morgan fingerprint density at radius 3 is 2.50 bits per heavy atom. The van der Waals surface area contributed by atoms with Crippen molar-refractivity contribution in [2.75, 3.05) is 27.2 Å². The molecule has 0 aromatic heterocycles. The lowest BCUT2D eigenvalue weighted by atomic mass is 9.99. The van der Waals surface area contributed by atoms with Crippen LogP contribution in [0.4, 0.5) is 0 Å². The third kappa shape index (κ3) is 3.17. The highest BCUT2D eigenvalue weighted by atomic mass is 16.2. The van der Waals surface area contributed by atoms with Crippen molar-refractivity contribution in [3.05, 3.63) is 59.7 Å². The van der Waals surface area contributed by atoms with E-state index in [9.17, 15) is 10.1 Å². The molecule has 1 heterocycles. The third-order valence-electron chi connectivity index (χ3n) is 4.67. The predicted molar refractivity (Wildman–Crippen MR) is 94.6 cm³/mol. The van der Waals surface area contributed by atoms with Crippen LogP contribution in [0, 0.1) is 11.3 Å². The molecule has 3 rings (SSSR count). The summed E-state index contributed by atoms with van der Waals surface area (Å²) in [6.45, 7) is 1.59. The first kappa shape index (κ1) is 16.2. The van der Waals surface area contributed by atoms with E-state index in [0.29, 0.717) is 17.2 Å². The van der Waals surface area contributed by atoms with Crippen molar-refractivity contribution in [3.8, 4) is 17.2 Å². The SMILES string of the molecule is CN(C)[C@H]1CCN(C(=O)c2ccc(-c3ccccc3C#N)cc2)C1. The quantitative estimate of drug-likeness (QED) is 0.874. The maximum atomic E-state index is 12.6. The zero-order chi connectivity index (χ0) is 17.1. The number of likely N-dealkylation sites (N-methyl/N-ethyl adjacent to an activating group) is 1. The first-order valence-electron chi connectivity index (χ1n) is 8.15. The molecular formula is C20H21N3O. The molecule has 0 spiro atoms. The second-order valence-electron chi connectivity index (χ2n) is 6.39. The van der Waals surface area contributed by atoms with Gasteiger partial charge in [0, 0.05) is 24.7 Å². The van der Waals surface area contributed by atoms with Gasteiger partial charge in [0.2, 0.25) is 0 Å². The van der Waals surface area contributed by atoms with Crippen molar-refractivity contribution in [1.29, 1.82) is 5.26 Å². The molecule has 1 aliphatic heterocycles. The number of rotatable bonds is 3. The molecular weight excluding hydrogens is 298 g/mol. The lowest BCUT2D eigenvalue weighted by Gasteiger charge is -2.20. The van der Waals surface area contributed by atoms with Gasteiger partial charge in [-0.15, -0.1) is 0 Å². The summed E-state index contributed by atoms with van der Waals surface area (Å²) in [5.74, 6) is 0.0828. The Kier molecular flexibility index (Phi) is 4.64. The number of amides is 1. The van der Waals surface area contributed by atoms with E-state index in [-0.39, 0.29) is 5.91 Å². The van der Waals surface area contributed by atoms with E-state index < -0.39 is 0 Å². The minimum atomic E-state index is 0.0828. The summed E-state index contributed by atoms with van der Waals surface area (Å²) in [5, 5.41) is 9.22. The van der Waals surface area contributed by atoms with Gasteiger partial charge in [0.25, 0.3) is 5.91 Å². The Balaban J connectivity index is 1.78. The van der Waals surface area contributed by atoms with Crippen molar-refractivity contribution in [1.82, 2.24) is 9.80 Å². The van der Waals surface area contributed by atoms with E-state index in [1.54, 1.807) is 6.07 Å². The predicted octanol–water partition coefficient (Wildman–Crippen LogP) is 3.00. The molecule has 1 aliphatic rings. The van der Waals surface area contributed by atoms with Crippen LogP contribution in [0.15, 0.2) is 48.5 Å². The van der Waals surface area contributed by atoms with Crippen LogP contribution in [0.5, 0.6) is 0 Å². The van der Waals surface area contributed by atoms with Gasteiger partial charge in [-0.3, -0.25) is 4.79 Å². The molecule has 4 heteroatoms. The molecule has 0 bridgehead atoms. The van der Waals surface area contributed by atoms with Crippen molar-refractivity contribution in [3.63, 3.8) is 0 Å². The van der Waals surface area contributed by atoms with Crippen molar-refractivity contribution in [2.24, 2.45) is 0 Å². The summed E-state index contributed by atoms with van der Waals surface area (Å²) in [7, 11) is 4.11. The summed E-state index contributed by atoms with van der Waals surface area (Å²) in [4.78, 5) is 16.7. The van der Waals surface area contributed by atoms with Gasteiger partial charge in [-0.1, -0.05) is 30.3 Å². The van der Waals surface area contributed by atoms with Gasteiger partial charge in [-0.25, -0.2) is 0 Å². The van der Waals surface area contributed by atoms with Gasteiger partial charge in [-0.2, -0.15) is 5.26 Å². The Labute approximate surface area is 142 Å². The van der Waals surface area contributed by atoms with Crippen LogP contribution in [0.25, 0.3) is 11.1 Å². The molecule has 0 N–H and O–H groups in total. The average Bonchev–Trinajstić information content (AvgIpc) is 3.11. The van der Waals surface area contributed by atoms with Crippen LogP contribution in [0.2, 0.25) is 0 Å². The highest BCUT2D eigenvalue weighted by molar-refractivity contribution is 5.95. The van der Waals surface area contributed by atoms with Crippen molar-refractivity contribution < 1.29 is 4.79 Å². The molecule has 1 saturated heterocycles. The lowest BCUT2D eigenvalue weighted by Crippen LogP contribution is -2.34. The fourth-order valence-corrected chi connectivity index (χ4v) is 3.16. The summed E-state index contributed by atoms with van der Waals surface area (Å²) in [5.41, 5.74) is 3.20. The number of hydrogen-bond donors (Lipinski definition) is 0. The van der Waals surface area contributed by atoms with Crippen LogP contribution in [-0.4, -0.2) is 48.9 Å². The van der Waals surface area contributed by atoms with E-state index >= 15 is 0 Å². The Bertz CT molecular complexity index is 774. The van der Waals surface area contributed by atoms with E-state index in [1.165, 1.54) is 0 Å². The van der Waals surface area contributed by atoms with Crippen molar-refractivity contribution >= 4 is 5.91 Å². The highest BCUT2D eigenvalue weighted by Gasteiger charge is 2.27.